The maximum Gasteiger partial charge on any atom is 0.161 e. The zero-order valence-electron chi connectivity index (χ0n) is 19.4. The van der Waals surface area contributed by atoms with Gasteiger partial charge < -0.3 is 14.8 Å². The van der Waals surface area contributed by atoms with Crippen LogP contribution in [0.15, 0.2) is 77.8 Å². The Balaban J connectivity index is 1.34. The molecule has 2 aliphatic rings. The van der Waals surface area contributed by atoms with E-state index in [0.717, 1.165) is 29.2 Å². The smallest absolute Gasteiger partial charge is 0.161 e. The predicted octanol–water partition coefficient (Wildman–Crippen LogP) is 6.98. The van der Waals surface area contributed by atoms with E-state index in [1.165, 1.54) is 22.4 Å². The van der Waals surface area contributed by atoms with Crippen LogP contribution in [-0.2, 0) is 0 Å². The molecule has 0 fully saturated rings. The maximum absolute atomic E-state index is 5.59. The van der Waals surface area contributed by atoms with E-state index in [2.05, 4.69) is 71.8 Å². The zero-order valence-corrected chi connectivity index (χ0v) is 19.4. The minimum absolute atomic E-state index is 0.300. The number of benzene rings is 3. The summed E-state index contributed by atoms with van der Waals surface area (Å²) >= 11 is 0. The molecule has 4 heteroatoms. The predicted molar refractivity (Wildman–Crippen MR) is 135 cm³/mol. The molecule has 0 unspecified atom stereocenters. The average Bonchev–Trinajstić information content (AvgIpc) is 3.34. The van der Waals surface area contributed by atoms with E-state index in [1.54, 1.807) is 7.11 Å². The van der Waals surface area contributed by atoms with Crippen molar-refractivity contribution in [1.29, 1.82) is 0 Å². The highest BCUT2D eigenvalue weighted by Gasteiger charge is 2.37. The molecule has 0 spiro atoms. The maximum atomic E-state index is 5.59. The molecular formula is C29H30N2O2. The van der Waals surface area contributed by atoms with Crippen LogP contribution < -0.4 is 14.8 Å². The lowest BCUT2D eigenvalue weighted by atomic mass is 9.76. The van der Waals surface area contributed by atoms with E-state index in [0.29, 0.717) is 24.5 Å². The van der Waals surface area contributed by atoms with Crippen LogP contribution >= 0.6 is 0 Å². The molecule has 1 aliphatic heterocycles. The number of nitrogens with zero attached hydrogens (tertiary/aromatic N) is 1. The van der Waals surface area contributed by atoms with Crippen LogP contribution in [0.3, 0.4) is 0 Å². The molecule has 0 saturated heterocycles. The molecule has 5 rings (SSSR count). The second-order valence-corrected chi connectivity index (χ2v) is 8.76. The molecule has 3 aromatic rings. The first-order chi connectivity index (χ1) is 16.2. The van der Waals surface area contributed by atoms with Crippen molar-refractivity contribution >= 4 is 17.6 Å². The van der Waals surface area contributed by atoms with Crippen molar-refractivity contribution in [2.75, 3.05) is 19.0 Å². The molecule has 0 amide bonds. The molecule has 0 saturated carbocycles. The molecular weight excluding hydrogens is 408 g/mol. The van der Waals surface area contributed by atoms with E-state index >= 15 is 0 Å². The standard InChI is InChI=1S/C29H30N2O2/c1-4-33-27-15-9-20(17-28(27)32-3)18-30-22-12-10-21(11-13-22)29-24-7-5-6-23(24)25-16-19(2)8-14-26(25)31-29/h5-6,8-18,23-24,29,31H,4,7H2,1-3H3/t23-,24-,29-/m0/s1. The van der Waals surface area contributed by atoms with E-state index in [1.807, 2.05) is 31.3 Å². The van der Waals surface area contributed by atoms with Crippen molar-refractivity contribution in [2.24, 2.45) is 10.9 Å². The van der Waals surface area contributed by atoms with Crippen molar-refractivity contribution < 1.29 is 9.47 Å². The number of allylic oxidation sites excluding steroid dienone is 2. The normalized spacial score (nSPS) is 20.9. The van der Waals surface area contributed by atoms with E-state index in [9.17, 15) is 0 Å². The van der Waals surface area contributed by atoms with Gasteiger partial charge in [0, 0.05) is 17.8 Å². The van der Waals surface area contributed by atoms with Gasteiger partial charge in [-0.2, -0.15) is 0 Å². The van der Waals surface area contributed by atoms with Crippen LogP contribution in [0.25, 0.3) is 0 Å². The fourth-order valence-electron chi connectivity index (χ4n) is 5.00. The van der Waals surface area contributed by atoms with Gasteiger partial charge in [0.2, 0.25) is 0 Å². The molecule has 1 N–H and O–H groups in total. The number of aliphatic imine (C=N–C) groups is 1. The topological polar surface area (TPSA) is 42.8 Å². The first kappa shape index (κ1) is 21.3. The second kappa shape index (κ2) is 9.14. The molecule has 0 aromatic heterocycles. The zero-order chi connectivity index (χ0) is 22.8. The van der Waals surface area contributed by atoms with Gasteiger partial charge in [0.05, 0.1) is 25.4 Å². The summed E-state index contributed by atoms with van der Waals surface area (Å²) in [6.07, 6.45) is 7.70. The highest BCUT2D eigenvalue weighted by Crippen LogP contribution is 2.50. The van der Waals surface area contributed by atoms with Gasteiger partial charge in [0.1, 0.15) is 0 Å². The summed E-state index contributed by atoms with van der Waals surface area (Å²) in [7, 11) is 1.65. The third kappa shape index (κ3) is 4.25. The van der Waals surface area contributed by atoms with Gasteiger partial charge in [-0.05, 0) is 79.3 Å². The molecule has 33 heavy (non-hydrogen) atoms. The Morgan fingerprint density at radius 1 is 1.03 bits per heavy atom. The van der Waals surface area contributed by atoms with Crippen molar-refractivity contribution in [3.8, 4) is 11.5 Å². The average molecular weight is 439 g/mol. The highest BCUT2D eigenvalue weighted by atomic mass is 16.5. The summed E-state index contributed by atoms with van der Waals surface area (Å²) in [6, 6.07) is 21.5. The van der Waals surface area contributed by atoms with Crippen LogP contribution in [0.2, 0.25) is 0 Å². The van der Waals surface area contributed by atoms with Gasteiger partial charge in [-0.3, -0.25) is 4.99 Å². The van der Waals surface area contributed by atoms with Gasteiger partial charge in [-0.1, -0.05) is 42.0 Å². The lowest BCUT2D eigenvalue weighted by molar-refractivity contribution is 0.311. The number of nitrogens with one attached hydrogen (secondary N) is 1. The van der Waals surface area contributed by atoms with Crippen LogP contribution in [0.4, 0.5) is 11.4 Å². The first-order valence-corrected chi connectivity index (χ1v) is 11.6. The monoisotopic (exact) mass is 438 g/mol. The summed E-state index contributed by atoms with van der Waals surface area (Å²) < 4.78 is 11.0. The lowest BCUT2D eigenvalue weighted by Crippen LogP contribution is -2.29. The van der Waals surface area contributed by atoms with Gasteiger partial charge >= 0.3 is 0 Å². The highest BCUT2D eigenvalue weighted by molar-refractivity contribution is 5.83. The van der Waals surface area contributed by atoms with Gasteiger partial charge in [0.25, 0.3) is 0 Å². The minimum atomic E-state index is 0.300. The summed E-state index contributed by atoms with van der Waals surface area (Å²) in [5, 5.41) is 3.81. The fraction of sp³-hybridized carbons (Fsp3) is 0.276. The molecule has 0 bridgehead atoms. The fourth-order valence-corrected chi connectivity index (χ4v) is 5.00. The largest absolute Gasteiger partial charge is 0.493 e. The number of anilines is 1. The molecule has 4 nitrogen and oxygen atoms in total. The molecule has 3 atom stereocenters. The Hall–Kier alpha value is -3.53. The lowest BCUT2D eigenvalue weighted by Gasteiger charge is -2.37. The van der Waals surface area contributed by atoms with Gasteiger partial charge in [-0.25, -0.2) is 0 Å². The molecule has 168 valence electrons. The Morgan fingerprint density at radius 2 is 1.88 bits per heavy atom. The molecule has 1 heterocycles. The van der Waals surface area contributed by atoms with Crippen molar-refractivity contribution in [1.82, 2.24) is 0 Å². The second-order valence-electron chi connectivity index (χ2n) is 8.76. The Morgan fingerprint density at radius 3 is 2.67 bits per heavy atom. The van der Waals surface area contributed by atoms with Gasteiger partial charge in [-0.15, -0.1) is 0 Å². The van der Waals surface area contributed by atoms with Gasteiger partial charge in [0.15, 0.2) is 11.5 Å². The van der Waals surface area contributed by atoms with E-state index in [-0.39, 0.29) is 0 Å². The number of rotatable bonds is 6. The number of fused-ring (bicyclic) bond motifs is 3. The number of ether oxygens (including phenoxy) is 2. The Bertz CT molecular complexity index is 1200. The Kier molecular flexibility index (Phi) is 5.91. The summed E-state index contributed by atoms with van der Waals surface area (Å²) in [4.78, 5) is 4.67. The summed E-state index contributed by atoms with van der Waals surface area (Å²) in [5.74, 6) is 2.50. The third-order valence-electron chi connectivity index (χ3n) is 6.62. The van der Waals surface area contributed by atoms with Crippen molar-refractivity contribution in [2.45, 2.75) is 32.2 Å². The molecule has 0 radical (unpaired) electrons. The molecule has 1 aliphatic carbocycles. The third-order valence-corrected chi connectivity index (χ3v) is 6.62. The Labute approximate surface area is 196 Å². The SMILES string of the molecule is CCOc1ccc(C=Nc2ccc([C@@H]3Nc4ccc(C)cc4[C@H]4C=CC[C@@H]43)cc2)cc1OC. The quantitative estimate of drug-likeness (QED) is 0.333. The van der Waals surface area contributed by atoms with Crippen LogP contribution in [0.1, 0.15) is 47.6 Å². The van der Waals surface area contributed by atoms with Crippen molar-refractivity contribution in [3.05, 3.63) is 95.1 Å². The van der Waals surface area contributed by atoms with Crippen molar-refractivity contribution in [3.63, 3.8) is 0 Å². The van der Waals surface area contributed by atoms with E-state index < -0.39 is 0 Å². The minimum Gasteiger partial charge on any atom is -0.493 e. The number of methoxy groups -OCH3 is 1. The summed E-state index contributed by atoms with van der Waals surface area (Å²) in [6.45, 7) is 4.74. The van der Waals surface area contributed by atoms with Crippen LogP contribution in [0.5, 0.6) is 11.5 Å². The number of hydrogen-bond acceptors (Lipinski definition) is 4. The number of hydrogen-bond donors (Lipinski definition) is 1. The van der Waals surface area contributed by atoms with E-state index in [4.69, 9.17) is 9.47 Å². The van der Waals surface area contributed by atoms with Crippen LogP contribution in [0, 0.1) is 12.8 Å². The molecule has 3 aromatic carbocycles. The first-order valence-electron chi connectivity index (χ1n) is 11.6. The van der Waals surface area contributed by atoms with Crippen LogP contribution in [-0.4, -0.2) is 19.9 Å². The number of aryl methyl sites for hydroxylation is 1. The summed E-state index contributed by atoms with van der Waals surface area (Å²) in [5.41, 5.74) is 7.21.